The lowest BCUT2D eigenvalue weighted by Gasteiger charge is -2.20. The summed E-state index contributed by atoms with van der Waals surface area (Å²) >= 11 is 0. The Hall–Kier alpha value is -0.900. The lowest BCUT2D eigenvalue weighted by molar-refractivity contribution is 0.504. The van der Waals surface area contributed by atoms with Gasteiger partial charge in [-0.15, -0.1) is 0 Å². The third-order valence-corrected chi connectivity index (χ3v) is 4.65. The van der Waals surface area contributed by atoms with E-state index in [1.165, 1.54) is 19.3 Å². The first-order chi connectivity index (χ1) is 7.29. The zero-order chi connectivity index (χ0) is 10.7. The summed E-state index contributed by atoms with van der Waals surface area (Å²) in [7, 11) is -1.02. The van der Waals surface area contributed by atoms with Crippen LogP contribution in [0, 0.1) is 0 Å². The second-order valence-electron chi connectivity index (χ2n) is 3.96. The molecule has 82 valence electrons. The van der Waals surface area contributed by atoms with Crippen molar-refractivity contribution in [2.45, 2.75) is 42.4 Å². The predicted octanol–water partition coefficient (Wildman–Crippen LogP) is 2.10. The van der Waals surface area contributed by atoms with Crippen molar-refractivity contribution in [1.29, 1.82) is 0 Å². The zero-order valence-corrected chi connectivity index (χ0v) is 9.50. The van der Waals surface area contributed by atoms with Gasteiger partial charge in [-0.3, -0.25) is 4.21 Å². The van der Waals surface area contributed by atoms with Crippen LogP contribution in [0.2, 0.25) is 0 Å². The minimum atomic E-state index is -1.02. The van der Waals surface area contributed by atoms with E-state index >= 15 is 0 Å². The maximum atomic E-state index is 12.2. The first-order valence-corrected chi connectivity index (χ1v) is 6.61. The van der Waals surface area contributed by atoms with Crippen molar-refractivity contribution in [3.63, 3.8) is 0 Å². The molecule has 2 rings (SSSR count). The Bertz CT molecular complexity index is 361. The van der Waals surface area contributed by atoms with Crippen LogP contribution in [0.1, 0.15) is 32.1 Å². The lowest BCUT2D eigenvalue weighted by Crippen LogP contribution is -2.20. The van der Waals surface area contributed by atoms with Crippen LogP contribution < -0.4 is 5.73 Å². The van der Waals surface area contributed by atoms with Gasteiger partial charge in [-0.25, -0.2) is 4.98 Å². The Labute approximate surface area is 92.5 Å². The summed E-state index contributed by atoms with van der Waals surface area (Å²) in [5.41, 5.74) is 6.33. The number of nitrogen functional groups attached to an aromatic ring is 1. The van der Waals surface area contributed by atoms with Gasteiger partial charge >= 0.3 is 0 Å². The van der Waals surface area contributed by atoms with E-state index in [-0.39, 0.29) is 5.25 Å². The fourth-order valence-corrected chi connectivity index (χ4v) is 3.55. The fourth-order valence-electron chi connectivity index (χ4n) is 2.01. The van der Waals surface area contributed by atoms with Crippen LogP contribution in [0.3, 0.4) is 0 Å². The SMILES string of the molecule is Nc1cccnc1S(=O)C1CCCCC1. The van der Waals surface area contributed by atoms with Crippen LogP contribution in [0.25, 0.3) is 0 Å². The first-order valence-electron chi connectivity index (χ1n) is 5.40. The maximum absolute atomic E-state index is 12.2. The van der Waals surface area contributed by atoms with Crippen LogP contribution in [0.4, 0.5) is 5.69 Å². The second kappa shape index (κ2) is 4.75. The quantitative estimate of drug-likeness (QED) is 0.837. The molecule has 0 aromatic carbocycles. The van der Waals surface area contributed by atoms with Crippen LogP contribution in [0.5, 0.6) is 0 Å². The Kier molecular flexibility index (Phi) is 3.36. The Morgan fingerprint density at radius 1 is 1.33 bits per heavy atom. The monoisotopic (exact) mass is 224 g/mol. The average molecular weight is 224 g/mol. The molecule has 0 bridgehead atoms. The molecule has 4 heteroatoms. The van der Waals surface area contributed by atoms with Gasteiger partial charge in [-0.05, 0) is 25.0 Å². The van der Waals surface area contributed by atoms with Gasteiger partial charge in [0.15, 0.2) is 0 Å². The highest BCUT2D eigenvalue weighted by Crippen LogP contribution is 2.26. The van der Waals surface area contributed by atoms with Gasteiger partial charge in [0, 0.05) is 11.4 Å². The molecule has 15 heavy (non-hydrogen) atoms. The summed E-state index contributed by atoms with van der Waals surface area (Å²) in [6.45, 7) is 0. The molecule has 1 heterocycles. The second-order valence-corrected chi connectivity index (χ2v) is 5.60. The van der Waals surface area contributed by atoms with E-state index in [1.54, 1.807) is 18.3 Å². The zero-order valence-electron chi connectivity index (χ0n) is 8.69. The standard InChI is InChI=1S/C11H16N2OS/c12-10-7-4-8-13-11(10)15(14)9-5-2-1-3-6-9/h4,7-9H,1-3,5-6,12H2. The van der Waals surface area contributed by atoms with Gasteiger partial charge in [0.1, 0.15) is 5.03 Å². The van der Waals surface area contributed by atoms with Crippen molar-refractivity contribution in [3.8, 4) is 0 Å². The molecular weight excluding hydrogens is 208 g/mol. The fraction of sp³-hybridized carbons (Fsp3) is 0.545. The topological polar surface area (TPSA) is 56.0 Å². The average Bonchev–Trinajstić information content (AvgIpc) is 2.30. The van der Waals surface area contributed by atoms with Crippen molar-refractivity contribution in [3.05, 3.63) is 18.3 Å². The summed E-state index contributed by atoms with van der Waals surface area (Å²) in [6, 6.07) is 3.54. The minimum Gasteiger partial charge on any atom is -0.396 e. The normalized spacial score (nSPS) is 20.0. The molecular formula is C11H16N2OS. The van der Waals surface area contributed by atoms with E-state index < -0.39 is 10.8 Å². The van der Waals surface area contributed by atoms with E-state index in [9.17, 15) is 4.21 Å². The Morgan fingerprint density at radius 2 is 2.07 bits per heavy atom. The highest BCUT2D eigenvalue weighted by molar-refractivity contribution is 7.85. The van der Waals surface area contributed by atoms with E-state index in [2.05, 4.69) is 4.98 Å². The van der Waals surface area contributed by atoms with Crippen LogP contribution >= 0.6 is 0 Å². The van der Waals surface area contributed by atoms with E-state index in [4.69, 9.17) is 5.73 Å². The number of nitrogens with zero attached hydrogens (tertiary/aromatic N) is 1. The van der Waals surface area contributed by atoms with Crippen molar-refractivity contribution >= 4 is 16.5 Å². The summed E-state index contributed by atoms with van der Waals surface area (Å²) in [6.07, 6.45) is 7.38. The van der Waals surface area contributed by atoms with Crippen molar-refractivity contribution < 1.29 is 4.21 Å². The van der Waals surface area contributed by atoms with E-state index in [1.807, 2.05) is 0 Å². The molecule has 1 atom stereocenters. The van der Waals surface area contributed by atoms with Gasteiger partial charge in [0.05, 0.1) is 16.5 Å². The molecule has 1 aliphatic carbocycles. The highest BCUT2D eigenvalue weighted by Gasteiger charge is 2.23. The van der Waals surface area contributed by atoms with Gasteiger partial charge in [0.2, 0.25) is 0 Å². The largest absolute Gasteiger partial charge is 0.396 e. The van der Waals surface area contributed by atoms with E-state index in [0.717, 1.165) is 12.8 Å². The Balaban J connectivity index is 2.16. The molecule has 3 nitrogen and oxygen atoms in total. The van der Waals surface area contributed by atoms with Gasteiger partial charge in [-0.1, -0.05) is 19.3 Å². The predicted molar refractivity (Wildman–Crippen MR) is 61.9 cm³/mol. The molecule has 1 saturated carbocycles. The number of rotatable bonds is 2. The number of aromatic nitrogens is 1. The molecule has 1 fully saturated rings. The van der Waals surface area contributed by atoms with Crippen LogP contribution in [0.15, 0.2) is 23.4 Å². The smallest absolute Gasteiger partial charge is 0.150 e. The summed E-state index contributed by atoms with van der Waals surface area (Å²) in [5, 5.41) is 0.834. The van der Waals surface area contributed by atoms with Gasteiger partial charge in [-0.2, -0.15) is 0 Å². The van der Waals surface area contributed by atoms with Crippen molar-refractivity contribution in [2.24, 2.45) is 0 Å². The van der Waals surface area contributed by atoms with Gasteiger partial charge in [0.25, 0.3) is 0 Å². The number of pyridine rings is 1. The molecule has 0 spiro atoms. The van der Waals surface area contributed by atoms with Crippen molar-refractivity contribution in [1.82, 2.24) is 4.98 Å². The molecule has 2 N–H and O–H groups in total. The lowest BCUT2D eigenvalue weighted by atomic mass is 10.0. The summed E-state index contributed by atoms with van der Waals surface area (Å²) in [5.74, 6) is 0. The Morgan fingerprint density at radius 3 is 2.73 bits per heavy atom. The number of hydrogen-bond donors (Lipinski definition) is 1. The summed E-state index contributed by atoms with van der Waals surface area (Å²) < 4.78 is 12.2. The maximum Gasteiger partial charge on any atom is 0.150 e. The molecule has 0 saturated heterocycles. The van der Waals surface area contributed by atoms with Gasteiger partial charge < -0.3 is 5.73 Å². The molecule has 1 aromatic heterocycles. The number of hydrogen-bond acceptors (Lipinski definition) is 3. The molecule has 1 unspecified atom stereocenters. The molecule has 1 aromatic rings. The number of anilines is 1. The van der Waals surface area contributed by atoms with E-state index in [0.29, 0.717) is 10.7 Å². The highest BCUT2D eigenvalue weighted by atomic mass is 32.2. The molecule has 1 aliphatic rings. The molecule has 0 amide bonds. The molecule has 0 radical (unpaired) electrons. The summed E-state index contributed by atoms with van der Waals surface area (Å²) in [4.78, 5) is 4.13. The van der Waals surface area contributed by atoms with Crippen molar-refractivity contribution in [2.75, 3.05) is 5.73 Å². The third-order valence-electron chi connectivity index (χ3n) is 2.85. The molecule has 0 aliphatic heterocycles. The van der Waals surface area contributed by atoms with Crippen LogP contribution in [-0.4, -0.2) is 14.4 Å². The minimum absolute atomic E-state index is 0.260. The number of nitrogens with two attached hydrogens (primary N) is 1. The first kappa shape index (κ1) is 10.6. The third kappa shape index (κ3) is 2.37. The van der Waals surface area contributed by atoms with Crippen LogP contribution in [-0.2, 0) is 10.8 Å².